The third-order valence-electron chi connectivity index (χ3n) is 15.5. The molecular weight excluding hydrogens is 592 g/mol. The van der Waals surface area contributed by atoms with Gasteiger partial charge in [-0.15, -0.1) is 0 Å². The fourth-order valence-corrected chi connectivity index (χ4v) is 13.0. The molecule has 1 aliphatic heterocycles. The molecule has 8 N–H and O–H groups in total. The van der Waals surface area contributed by atoms with Crippen molar-refractivity contribution in [2.45, 2.75) is 167 Å². The summed E-state index contributed by atoms with van der Waals surface area (Å²) in [7, 11) is 0. The van der Waals surface area contributed by atoms with Gasteiger partial charge in [-0.3, -0.25) is 0 Å². The molecule has 10 heteroatoms. The number of hydrogen-bond donors (Lipinski definition) is 8. The molecule has 0 aromatic heterocycles. The van der Waals surface area contributed by atoms with Crippen molar-refractivity contribution >= 4 is 0 Å². The van der Waals surface area contributed by atoms with Crippen LogP contribution in [-0.4, -0.2) is 108 Å². The minimum Gasteiger partial charge on any atom is -0.394 e. The smallest absolute Gasteiger partial charge is 0.186 e. The van der Waals surface area contributed by atoms with Crippen molar-refractivity contribution in [3.63, 3.8) is 0 Å². The quantitative estimate of drug-likeness (QED) is 0.181. The summed E-state index contributed by atoms with van der Waals surface area (Å²) in [5, 5.41) is 85.7. The Balaban J connectivity index is 1.22. The van der Waals surface area contributed by atoms with Crippen LogP contribution in [0.15, 0.2) is 0 Å². The molecule has 266 valence electrons. The molecule has 6 fully saturated rings. The largest absolute Gasteiger partial charge is 0.394 e. The zero-order valence-electron chi connectivity index (χ0n) is 29.0. The third kappa shape index (κ3) is 4.78. The SMILES string of the molecule is C[C@@H](CC[C@H](O)C(C)(C)O)[C@@H]1[C@H](O)C[C@]2(C)[C@H]3C[C@@H](O)[C@H]4C(C)(C)[C@@H](O[C@H]5O[C@H](CO)[C@@H](O)[C@@H](O)[C@@H]5O)CC[C@]45C[C@]35CC[C@@]12C. The van der Waals surface area contributed by atoms with E-state index in [1.54, 1.807) is 13.8 Å². The Kier molecular flexibility index (Phi) is 8.71. The second-order valence-corrected chi connectivity index (χ2v) is 18.4. The molecule has 1 heterocycles. The van der Waals surface area contributed by atoms with E-state index in [1.807, 2.05) is 0 Å². The Hall–Kier alpha value is -0.400. The normalized spacial score (nSPS) is 54.2. The molecule has 6 aliphatic rings. The summed E-state index contributed by atoms with van der Waals surface area (Å²) >= 11 is 0. The van der Waals surface area contributed by atoms with Crippen LogP contribution < -0.4 is 0 Å². The van der Waals surface area contributed by atoms with Crippen LogP contribution in [0.4, 0.5) is 0 Å². The van der Waals surface area contributed by atoms with Gasteiger partial charge in [0.25, 0.3) is 0 Å². The second kappa shape index (κ2) is 11.3. The molecule has 46 heavy (non-hydrogen) atoms. The molecule has 2 spiro atoms. The van der Waals surface area contributed by atoms with Crippen molar-refractivity contribution in [1.29, 1.82) is 0 Å². The monoisotopic (exact) mass is 654 g/mol. The van der Waals surface area contributed by atoms with Gasteiger partial charge in [-0.2, -0.15) is 0 Å². The summed E-state index contributed by atoms with van der Waals surface area (Å²) in [6.45, 7) is 14.0. The van der Waals surface area contributed by atoms with Gasteiger partial charge in [-0.25, -0.2) is 0 Å². The van der Waals surface area contributed by atoms with Gasteiger partial charge in [0.15, 0.2) is 6.29 Å². The molecule has 6 rings (SSSR count). The first kappa shape index (κ1) is 35.4. The molecule has 0 aromatic carbocycles. The first-order valence-corrected chi connectivity index (χ1v) is 17.9. The number of rotatable bonds is 8. The van der Waals surface area contributed by atoms with Crippen molar-refractivity contribution in [3.05, 3.63) is 0 Å². The highest BCUT2D eigenvalue weighted by Crippen LogP contribution is 2.89. The van der Waals surface area contributed by atoms with E-state index in [4.69, 9.17) is 9.47 Å². The summed E-state index contributed by atoms with van der Waals surface area (Å²) < 4.78 is 12.1. The van der Waals surface area contributed by atoms with E-state index in [0.717, 1.165) is 32.1 Å². The van der Waals surface area contributed by atoms with Gasteiger partial charge in [-0.1, -0.05) is 34.6 Å². The lowest BCUT2D eigenvalue weighted by Crippen LogP contribution is -2.63. The zero-order valence-corrected chi connectivity index (χ0v) is 29.0. The highest BCUT2D eigenvalue weighted by molar-refractivity contribution is 5.32. The Morgan fingerprint density at radius 1 is 0.870 bits per heavy atom. The number of aliphatic hydroxyl groups excluding tert-OH is 7. The predicted octanol–water partition coefficient (Wildman–Crippen LogP) is 2.10. The van der Waals surface area contributed by atoms with E-state index < -0.39 is 66.6 Å². The predicted molar refractivity (Wildman–Crippen MR) is 169 cm³/mol. The number of ether oxygens (including phenoxy) is 2. The van der Waals surface area contributed by atoms with E-state index >= 15 is 0 Å². The van der Waals surface area contributed by atoms with Crippen LogP contribution >= 0.6 is 0 Å². The maximum Gasteiger partial charge on any atom is 0.186 e. The summed E-state index contributed by atoms with van der Waals surface area (Å²) in [4.78, 5) is 0. The van der Waals surface area contributed by atoms with Crippen LogP contribution in [0.5, 0.6) is 0 Å². The maximum atomic E-state index is 12.1. The molecule has 5 aliphatic carbocycles. The van der Waals surface area contributed by atoms with E-state index in [2.05, 4.69) is 34.6 Å². The fourth-order valence-electron chi connectivity index (χ4n) is 13.0. The van der Waals surface area contributed by atoms with Gasteiger partial charge >= 0.3 is 0 Å². The van der Waals surface area contributed by atoms with E-state index in [-0.39, 0.29) is 51.4 Å². The van der Waals surface area contributed by atoms with Crippen LogP contribution in [-0.2, 0) is 9.47 Å². The average Bonchev–Trinajstić information content (AvgIpc) is 3.55. The van der Waals surface area contributed by atoms with E-state index in [1.165, 1.54) is 0 Å². The summed E-state index contributed by atoms with van der Waals surface area (Å²) in [6, 6.07) is 0. The van der Waals surface area contributed by atoms with E-state index in [0.29, 0.717) is 25.7 Å². The molecule has 0 unspecified atom stereocenters. The fraction of sp³-hybridized carbons (Fsp3) is 1.00. The lowest BCUT2D eigenvalue weighted by Gasteiger charge is -2.64. The van der Waals surface area contributed by atoms with Crippen LogP contribution in [0.1, 0.15) is 106 Å². The topological polar surface area (TPSA) is 180 Å². The average molecular weight is 655 g/mol. The standard InChI is InChI=1S/C36H62O10/c1-18(8-9-23(40)32(4,5)44)25-20(39)15-34(7)22-14-19(38)29-31(2,3)24(46-30-28(43)27(42)26(41)21(16-37)45-30)10-11-36(29)17-35(22,36)13-12-33(25,34)6/h18-30,37-44H,8-17H2,1-7H3/t18-,19+,20+,21+,22+,23-,24-,25+,26+,27+,28-,29-,30+,33-,34+,35+,36-/m0/s1. The Bertz CT molecular complexity index is 1140. The molecule has 17 atom stereocenters. The molecular formula is C36H62O10. The van der Waals surface area contributed by atoms with Crippen molar-refractivity contribution in [2.24, 2.45) is 50.7 Å². The van der Waals surface area contributed by atoms with Gasteiger partial charge in [0.1, 0.15) is 24.4 Å². The zero-order chi connectivity index (χ0) is 34.0. The Morgan fingerprint density at radius 2 is 1.54 bits per heavy atom. The van der Waals surface area contributed by atoms with Crippen molar-refractivity contribution in [2.75, 3.05) is 6.61 Å². The third-order valence-corrected chi connectivity index (χ3v) is 15.5. The van der Waals surface area contributed by atoms with Crippen LogP contribution in [0.2, 0.25) is 0 Å². The first-order chi connectivity index (χ1) is 21.2. The van der Waals surface area contributed by atoms with Gasteiger partial charge in [0, 0.05) is 0 Å². The number of hydrogen-bond acceptors (Lipinski definition) is 10. The summed E-state index contributed by atoms with van der Waals surface area (Å²) in [6.07, 6.45) is -1.55. The Morgan fingerprint density at radius 3 is 2.17 bits per heavy atom. The highest BCUT2D eigenvalue weighted by Gasteiger charge is 2.84. The second-order valence-electron chi connectivity index (χ2n) is 18.4. The van der Waals surface area contributed by atoms with Gasteiger partial charge in [0.2, 0.25) is 0 Å². The minimum atomic E-state index is -1.50. The lowest BCUT2D eigenvalue weighted by molar-refractivity contribution is -0.329. The number of aliphatic hydroxyl groups is 8. The molecule has 0 aromatic rings. The minimum absolute atomic E-state index is 0.0304. The van der Waals surface area contributed by atoms with Crippen molar-refractivity contribution in [1.82, 2.24) is 0 Å². The maximum absolute atomic E-state index is 12.1. The van der Waals surface area contributed by atoms with Crippen LogP contribution in [0.3, 0.4) is 0 Å². The first-order valence-electron chi connectivity index (χ1n) is 17.9. The van der Waals surface area contributed by atoms with Gasteiger partial charge < -0.3 is 50.3 Å². The van der Waals surface area contributed by atoms with Crippen LogP contribution in [0, 0.1) is 50.7 Å². The van der Waals surface area contributed by atoms with Crippen LogP contribution in [0.25, 0.3) is 0 Å². The molecule has 0 radical (unpaired) electrons. The number of fused-ring (bicyclic) bond motifs is 2. The van der Waals surface area contributed by atoms with Gasteiger partial charge in [0.05, 0.1) is 36.6 Å². The summed E-state index contributed by atoms with van der Waals surface area (Å²) in [5.74, 6) is 0.499. The molecule has 5 saturated carbocycles. The molecule has 0 amide bonds. The van der Waals surface area contributed by atoms with E-state index in [9.17, 15) is 40.9 Å². The molecule has 10 nitrogen and oxygen atoms in total. The highest BCUT2D eigenvalue weighted by atomic mass is 16.7. The molecule has 1 saturated heterocycles. The van der Waals surface area contributed by atoms with Crippen molar-refractivity contribution in [3.8, 4) is 0 Å². The summed E-state index contributed by atoms with van der Waals surface area (Å²) in [5.41, 5.74) is -1.85. The van der Waals surface area contributed by atoms with Gasteiger partial charge in [-0.05, 0) is 122 Å². The molecule has 0 bridgehead atoms. The van der Waals surface area contributed by atoms with Crippen molar-refractivity contribution < 1.29 is 50.3 Å². The lowest BCUT2D eigenvalue weighted by atomic mass is 9.41. The Labute approximate surface area is 274 Å².